The van der Waals surface area contributed by atoms with Crippen LogP contribution in [0.15, 0.2) is 28.7 Å². The van der Waals surface area contributed by atoms with E-state index in [1.54, 1.807) is 0 Å². The van der Waals surface area contributed by atoms with Crippen LogP contribution in [0.4, 0.5) is 0 Å². The number of benzene rings is 1. The number of aliphatic hydroxyl groups is 1. The minimum absolute atomic E-state index is 0.252. The van der Waals surface area contributed by atoms with Crippen molar-refractivity contribution in [1.82, 2.24) is 5.32 Å². The molecule has 0 fully saturated rings. The Kier molecular flexibility index (Phi) is 6.90. The highest BCUT2D eigenvalue weighted by molar-refractivity contribution is 9.10. The van der Waals surface area contributed by atoms with E-state index in [0.717, 1.165) is 17.3 Å². The molecule has 0 aliphatic carbocycles. The van der Waals surface area contributed by atoms with Gasteiger partial charge in [0.1, 0.15) is 0 Å². The molecule has 0 saturated carbocycles. The SMILES string of the molecule is CCC(CC)C(O)CNC(C)c1ccc(Br)cc1. The fraction of sp³-hybridized carbons (Fsp3) is 0.600. The van der Waals surface area contributed by atoms with Crippen molar-refractivity contribution in [2.24, 2.45) is 5.92 Å². The highest BCUT2D eigenvalue weighted by Gasteiger charge is 2.16. The molecular formula is C15H24BrNO. The third-order valence-electron chi connectivity index (χ3n) is 3.60. The van der Waals surface area contributed by atoms with Crippen LogP contribution >= 0.6 is 15.9 Å². The summed E-state index contributed by atoms with van der Waals surface area (Å²) in [7, 11) is 0. The van der Waals surface area contributed by atoms with Crippen LogP contribution in [0.25, 0.3) is 0 Å². The third kappa shape index (κ3) is 4.71. The smallest absolute Gasteiger partial charge is 0.0692 e. The van der Waals surface area contributed by atoms with E-state index in [0.29, 0.717) is 12.5 Å². The molecule has 0 spiro atoms. The van der Waals surface area contributed by atoms with Crippen LogP contribution in [-0.2, 0) is 0 Å². The maximum Gasteiger partial charge on any atom is 0.0692 e. The lowest BCUT2D eigenvalue weighted by molar-refractivity contribution is 0.0989. The average molecular weight is 314 g/mol. The van der Waals surface area contributed by atoms with Crippen molar-refractivity contribution in [3.05, 3.63) is 34.3 Å². The molecule has 2 nitrogen and oxygen atoms in total. The highest BCUT2D eigenvalue weighted by atomic mass is 79.9. The zero-order valence-electron chi connectivity index (χ0n) is 11.5. The number of nitrogens with one attached hydrogen (secondary N) is 1. The molecule has 2 N–H and O–H groups in total. The number of aliphatic hydroxyl groups excluding tert-OH is 1. The Morgan fingerprint density at radius 1 is 1.17 bits per heavy atom. The van der Waals surface area contributed by atoms with E-state index < -0.39 is 0 Å². The Morgan fingerprint density at radius 3 is 2.22 bits per heavy atom. The zero-order valence-corrected chi connectivity index (χ0v) is 13.1. The molecular weight excluding hydrogens is 290 g/mol. The van der Waals surface area contributed by atoms with E-state index in [1.807, 2.05) is 12.1 Å². The molecule has 0 aromatic heterocycles. The molecule has 3 heteroatoms. The molecule has 0 heterocycles. The van der Waals surface area contributed by atoms with Gasteiger partial charge in [0, 0.05) is 17.1 Å². The first-order chi connectivity index (χ1) is 8.58. The van der Waals surface area contributed by atoms with E-state index >= 15 is 0 Å². The second kappa shape index (κ2) is 7.93. The van der Waals surface area contributed by atoms with Crippen LogP contribution in [0.3, 0.4) is 0 Å². The molecule has 0 bridgehead atoms. The summed E-state index contributed by atoms with van der Waals surface area (Å²) in [5, 5.41) is 13.5. The minimum atomic E-state index is -0.252. The molecule has 0 saturated heterocycles. The minimum Gasteiger partial charge on any atom is -0.392 e. The van der Waals surface area contributed by atoms with Crippen LogP contribution in [-0.4, -0.2) is 17.8 Å². The van der Waals surface area contributed by atoms with Gasteiger partial charge < -0.3 is 10.4 Å². The summed E-state index contributed by atoms with van der Waals surface area (Å²) in [5.74, 6) is 0.398. The average Bonchev–Trinajstić information content (AvgIpc) is 2.38. The highest BCUT2D eigenvalue weighted by Crippen LogP contribution is 2.17. The van der Waals surface area contributed by atoms with Gasteiger partial charge in [0.25, 0.3) is 0 Å². The first-order valence-electron chi connectivity index (χ1n) is 6.75. The summed E-state index contributed by atoms with van der Waals surface area (Å²) in [6.07, 6.45) is 1.82. The summed E-state index contributed by atoms with van der Waals surface area (Å²) >= 11 is 3.43. The monoisotopic (exact) mass is 313 g/mol. The Hall–Kier alpha value is -0.380. The Labute approximate surface area is 119 Å². The number of rotatable bonds is 7. The molecule has 102 valence electrons. The molecule has 1 rings (SSSR count). The molecule has 1 aromatic rings. The molecule has 0 amide bonds. The van der Waals surface area contributed by atoms with Crippen LogP contribution in [0.5, 0.6) is 0 Å². The lowest BCUT2D eigenvalue weighted by Gasteiger charge is -2.23. The Balaban J connectivity index is 2.45. The number of hydrogen-bond acceptors (Lipinski definition) is 2. The van der Waals surface area contributed by atoms with Gasteiger partial charge in [-0.15, -0.1) is 0 Å². The summed E-state index contributed by atoms with van der Waals surface area (Å²) in [6, 6.07) is 8.56. The van der Waals surface area contributed by atoms with Crippen LogP contribution in [0.2, 0.25) is 0 Å². The summed E-state index contributed by atoms with van der Waals surface area (Å²) < 4.78 is 1.09. The summed E-state index contributed by atoms with van der Waals surface area (Å²) in [5.41, 5.74) is 1.25. The molecule has 2 atom stereocenters. The third-order valence-corrected chi connectivity index (χ3v) is 4.12. The molecule has 0 aliphatic heterocycles. The van der Waals surface area contributed by atoms with E-state index in [2.05, 4.69) is 54.2 Å². The standard InChI is InChI=1S/C15H24BrNO/c1-4-12(5-2)15(18)10-17-11(3)13-6-8-14(16)9-7-13/h6-9,11-12,15,17-18H,4-5,10H2,1-3H3. The van der Waals surface area contributed by atoms with Crippen molar-refractivity contribution in [3.8, 4) is 0 Å². The van der Waals surface area contributed by atoms with Gasteiger partial charge in [-0.25, -0.2) is 0 Å². The summed E-state index contributed by atoms with van der Waals surface area (Å²) in [4.78, 5) is 0. The van der Waals surface area contributed by atoms with E-state index in [1.165, 1.54) is 5.56 Å². The zero-order chi connectivity index (χ0) is 13.5. The second-order valence-electron chi connectivity index (χ2n) is 4.83. The van der Waals surface area contributed by atoms with Crippen molar-refractivity contribution in [3.63, 3.8) is 0 Å². The maximum absolute atomic E-state index is 10.1. The van der Waals surface area contributed by atoms with Gasteiger partial charge >= 0.3 is 0 Å². The molecule has 0 aliphatic rings. The van der Waals surface area contributed by atoms with Gasteiger partial charge in [0.05, 0.1) is 6.10 Å². The van der Waals surface area contributed by atoms with Crippen LogP contribution in [0.1, 0.15) is 45.2 Å². The number of hydrogen-bond donors (Lipinski definition) is 2. The molecule has 1 aromatic carbocycles. The maximum atomic E-state index is 10.1. The normalized spacial score (nSPS) is 14.8. The van der Waals surface area contributed by atoms with Crippen molar-refractivity contribution in [2.45, 2.75) is 45.8 Å². The van der Waals surface area contributed by atoms with Crippen molar-refractivity contribution in [1.29, 1.82) is 0 Å². The van der Waals surface area contributed by atoms with Crippen LogP contribution < -0.4 is 5.32 Å². The van der Waals surface area contributed by atoms with Gasteiger partial charge in [0.2, 0.25) is 0 Å². The van der Waals surface area contributed by atoms with Crippen molar-refractivity contribution >= 4 is 15.9 Å². The van der Waals surface area contributed by atoms with E-state index in [4.69, 9.17) is 0 Å². The molecule has 18 heavy (non-hydrogen) atoms. The second-order valence-corrected chi connectivity index (χ2v) is 5.74. The van der Waals surface area contributed by atoms with E-state index in [-0.39, 0.29) is 12.1 Å². The van der Waals surface area contributed by atoms with Crippen LogP contribution in [0, 0.1) is 5.92 Å². The number of halogens is 1. The largest absolute Gasteiger partial charge is 0.392 e. The van der Waals surface area contributed by atoms with Gasteiger partial charge in [-0.05, 0) is 30.5 Å². The Morgan fingerprint density at radius 2 is 1.72 bits per heavy atom. The van der Waals surface area contributed by atoms with Gasteiger partial charge in [-0.1, -0.05) is 54.8 Å². The van der Waals surface area contributed by atoms with Gasteiger partial charge in [-0.2, -0.15) is 0 Å². The lowest BCUT2D eigenvalue weighted by Crippen LogP contribution is -2.33. The predicted octanol–water partition coefficient (Wildman–Crippen LogP) is 3.90. The summed E-state index contributed by atoms with van der Waals surface area (Å²) in [6.45, 7) is 7.05. The topological polar surface area (TPSA) is 32.3 Å². The van der Waals surface area contributed by atoms with Crippen molar-refractivity contribution in [2.75, 3.05) is 6.54 Å². The quantitative estimate of drug-likeness (QED) is 0.800. The van der Waals surface area contributed by atoms with Gasteiger partial charge in [-0.3, -0.25) is 0 Å². The Bertz CT molecular complexity index is 335. The lowest BCUT2D eigenvalue weighted by atomic mass is 9.96. The molecule has 0 radical (unpaired) electrons. The molecule has 2 unspecified atom stereocenters. The first kappa shape index (κ1) is 15.7. The first-order valence-corrected chi connectivity index (χ1v) is 7.54. The predicted molar refractivity (Wildman–Crippen MR) is 80.6 cm³/mol. The van der Waals surface area contributed by atoms with E-state index in [9.17, 15) is 5.11 Å². The van der Waals surface area contributed by atoms with Gasteiger partial charge in [0.15, 0.2) is 0 Å². The fourth-order valence-corrected chi connectivity index (χ4v) is 2.43. The van der Waals surface area contributed by atoms with Crippen molar-refractivity contribution < 1.29 is 5.11 Å². The fourth-order valence-electron chi connectivity index (χ4n) is 2.17.